The number of hydrogen-bond acceptors (Lipinski definition) is 4. The van der Waals surface area contributed by atoms with Crippen molar-refractivity contribution in [2.24, 2.45) is 23.7 Å². The Labute approximate surface area is 159 Å². The van der Waals surface area contributed by atoms with Crippen LogP contribution in [0.15, 0.2) is 0 Å². The Bertz CT molecular complexity index is 527. The lowest BCUT2D eigenvalue weighted by Crippen LogP contribution is -2.41. The minimum atomic E-state index is -5.07. The molecule has 4 nitrogen and oxygen atoms in total. The molecular weight excluding hydrogens is 452 g/mol. The summed E-state index contributed by atoms with van der Waals surface area (Å²) in [7, 11) is 0. The Hall–Kier alpha value is -0.540. The number of halogens is 4. The third-order valence-corrected chi connectivity index (χ3v) is 7.23. The van der Waals surface area contributed by atoms with E-state index in [4.69, 9.17) is 9.47 Å². The lowest BCUT2D eigenvalue weighted by Gasteiger charge is -2.35. The van der Waals surface area contributed by atoms with E-state index in [0.717, 1.165) is 6.42 Å². The van der Waals surface area contributed by atoms with E-state index in [1.165, 1.54) is 0 Å². The first-order valence-electron chi connectivity index (χ1n) is 8.43. The van der Waals surface area contributed by atoms with Crippen LogP contribution in [-0.2, 0) is 19.1 Å². The molecule has 0 radical (unpaired) electrons. The first kappa shape index (κ1) is 20.8. The zero-order valence-electron chi connectivity index (χ0n) is 14.7. The number of hydrogen-bond donors (Lipinski definition) is 0. The van der Waals surface area contributed by atoms with Crippen LogP contribution in [0, 0.1) is 23.7 Å². The Balaban J connectivity index is 2.13. The molecule has 0 aromatic carbocycles. The zero-order valence-corrected chi connectivity index (χ0v) is 16.9. The van der Waals surface area contributed by atoms with Gasteiger partial charge in [-0.2, -0.15) is 13.2 Å². The fraction of sp³-hybridized carbons (Fsp3) is 0.882. The molecule has 2 fully saturated rings. The summed E-state index contributed by atoms with van der Waals surface area (Å²) < 4.78 is 48.4. The van der Waals surface area contributed by atoms with Crippen molar-refractivity contribution in [3.63, 3.8) is 0 Å². The first-order valence-corrected chi connectivity index (χ1v) is 9.68. The number of alkyl halides is 4. The molecule has 6 unspecified atom stereocenters. The van der Waals surface area contributed by atoms with Gasteiger partial charge in [0.05, 0.1) is 6.42 Å². The van der Waals surface area contributed by atoms with Crippen LogP contribution >= 0.6 is 22.6 Å². The van der Waals surface area contributed by atoms with Crippen molar-refractivity contribution in [2.75, 3.05) is 0 Å². The third kappa shape index (κ3) is 5.01. The van der Waals surface area contributed by atoms with Gasteiger partial charge in [-0.1, -0.05) is 29.5 Å². The molecule has 0 N–H and O–H groups in total. The summed E-state index contributed by atoms with van der Waals surface area (Å²) in [5, 5.41) is 0. The average Bonchev–Trinajstić information content (AvgIpc) is 2.96. The molecule has 25 heavy (non-hydrogen) atoms. The smallest absolute Gasteiger partial charge is 0.460 e. The van der Waals surface area contributed by atoms with E-state index in [-0.39, 0.29) is 18.3 Å². The molecule has 2 saturated carbocycles. The summed E-state index contributed by atoms with van der Waals surface area (Å²) in [5.74, 6) is -2.21. The quantitative estimate of drug-likeness (QED) is 0.345. The molecule has 0 aromatic heterocycles. The first-order chi connectivity index (χ1) is 11.3. The van der Waals surface area contributed by atoms with Crippen LogP contribution < -0.4 is 0 Å². The normalized spacial score (nSPS) is 33.2. The molecule has 0 aromatic rings. The minimum Gasteiger partial charge on any atom is -0.460 e. The summed E-state index contributed by atoms with van der Waals surface area (Å²) in [5.41, 5.74) is -0.745. The van der Waals surface area contributed by atoms with Gasteiger partial charge < -0.3 is 9.47 Å². The highest BCUT2D eigenvalue weighted by atomic mass is 127. The van der Waals surface area contributed by atoms with Crippen LogP contribution in [0.2, 0.25) is 0 Å². The molecule has 8 heteroatoms. The van der Waals surface area contributed by atoms with Crippen molar-refractivity contribution in [1.29, 1.82) is 0 Å². The predicted octanol–water partition coefficient (Wildman–Crippen LogP) is 4.29. The number of carbonyl (C=O) groups excluding carboxylic acids is 2. The molecule has 0 spiro atoms. The van der Waals surface area contributed by atoms with E-state index in [2.05, 4.69) is 29.5 Å². The number of carbonyl (C=O) groups is 2. The molecule has 144 valence electrons. The number of rotatable bonds is 4. The summed E-state index contributed by atoms with van der Waals surface area (Å²) in [4.78, 5) is 23.5. The Morgan fingerprint density at radius 1 is 1.20 bits per heavy atom. The molecule has 0 heterocycles. The lowest BCUT2D eigenvalue weighted by atomic mass is 9.78. The van der Waals surface area contributed by atoms with E-state index in [9.17, 15) is 22.8 Å². The summed E-state index contributed by atoms with van der Waals surface area (Å²) >= 11 is 2.39. The molecule has 0 saturated heterocycles. The minimum absolute atomic E-state index is 0.167. The van der Waals surface area contributed by atoms with Gasteiger partial charge in [0, 0.05) is 3.92 Å². The van der Waals surface area contributed by atoms with Crippen molar-refractivity contribution < 1.29 is 32.2 Å². The van der Waals surface area contributed by atoms with Gasteiger partial charge in [-0.15, -0.1) is 0 Å². The highest BCUT2D eigenvalue weighted by Crippen LogP contribution is 2.56. The second-order valence-electron chi connectivity index (χ2n) is 8.09. The molecular formula is C17H24F3IO4. The van der Waals surface area contributed by atoms with E-state index in [1.54, 1.807) is 20.8 Å². The molecule has 0 amide bonds. The van der Waals surface area contributed by atoms with Gasteiger partial charge >= 0.3 is 18.1 Å². The summed E-state index contributed by atoms with van der Waals surface area (Å²) in [6.07, 6.45) is -4.91. The van der Waals surface area contributed by atoms with Crippen LogP contribution in [0.3, 0.4) is 0 Å². The van der Waals surface area contributed by atoms with Crippen LogP contribution in [0.25, 0.3) is 0 Å². The highest BCUT2D eigenvalue weighted by Gasteiger charge is 2.54. The molecule has 2 rings (SSSR count). The average molecular weight is 476 g/mol. The summed E-state index contributed by atoms with van der Waals surface area (Å²) in [6.45, 7) is 7.12. The standard InChI is InChI=1S/C17H24F3IO4/c1-8-10-5-9(14(8)21)6-11(10)12(24-15(23)17(18,19)20)7-13(22)25-16(2,3)4/h8-12,14H,5-7H2,1-4H3. The monoisotopic (exact) mass is 476 g/mol. The third-order valence-electron chi connectivity index (χ3n) is 5.08. The SMILES string of the molecule is CC1C(I)C2CC(C(CC(=O)OC(C)(C)C)OC(=O)C(F)(F)F)C1C2. The fourth-order valence-electron chi connectivity index (χ4n) is 4.13. The van der Waals surface area contributed by atoms with E-state index < -0.39 is 29.8 Å². The topological polar surface area (TPSA) is 52.6 Å². The maximum atomic E-state index is 12.6. The second kappa shape index (κ2) is 7.23. The van der Waals surface area contributed by atoms with E-state index in [1.807, 2.05) is 0 Å². The molecule has 2 aliphatic rings. The molecule has 2 bridgehead atoms. The fourth-order valence-corrected chi connectivity index (χ4v) is 5.26. The van der Waals surface area contributed by atoms with Crippen molar-refractivity contribution in [1.82, 2.24) is 0 Å². The molecule has 0 aliphatic heterocycles. The number of fused-ring (bicyclic) bond motifs is 2. The van der Waals surface area contributed by atoms with Gasteiger partial charge in [0.2, 0.25) is 0 Å². The van der Waals surface area contributed by atoms with Crippen molar-refractivity contribution in [2.45, 2.75) is 68.8 Å². The number of esters is 2. The number of ether oxygens (including phenoxy) is 2. The van der Waals surface area contributed by atoms with Gasteiger partial charge in [-0.3, -0.25) is 4.79 Å². The maximum Gasteiger partial charge on any atom is 0.490 e. The van der Waals surface area contributed by atoms with Crippen LogP contribution in [0.1, 0.15) is 47.0 Å². The van der Waals surface area contributed by atoms with Crippen molar-refractivity contribution in [3.8, 4) is 0 Å². The van der Waals surface area contributed by atoms with Gasteiger partial charge in [-0.25, -0.2) is 4.79 Å². The van der Waals surface area contributed by atoms with E-state index >= 15 is 0 Å². The van der Waals surface area contributed by atoms with Gasteiger partial charge in [0.25, 0.3) is 0 Å². The van der Waals surface area contributed by atoms with Crippen LogP contribution in [-0.4, -0.2) is 33.7 Å². The van der Waals surface area contributed by atoms with Gasteiger partial charge in [-0.05, 0) is 57.3 Å². The Morgan fingerprint density at radius 3 is 2.24 bits per heavy atom. The largest absolute Gasteiger partial charge is 0.490 e. The van der Waals surface area contributed by atoms with Gasteiger partial charge in [0.1, 0.15) is 11.7 Å². The second-order valence-corrected chi connectivity index (χ2v) is 9.53. The Kier molecular flexibility index (Phi) is 6.01. The Morgan fingerprint density at radius 2 is 1.80 bits per heavy atom. The van der Waals surface area contributed by atoms with Crippen LogP contribution in [0.4, 0.5) is 13.2 Å². The predicted molar refractivity (Wildman–Crippen MR) is 93.1 cm³/mol. The molecule has 2 aliphatic carbocycles. The lowest BCUT2D eigenvalue weighted by molar-refractivity contribution is -0.209. The maximum absolute atomic E-state index is 12.6. The van der Waals surface area contributed by atoms with Crippen molar-refractivity contribution >= 4 is 34.5 Å². The van der Waals surface area contributed by atoms with Crippen LogP contribution in [0.5, 0.6) is 0 Å². The van der Waals surface area contributed by atoms with Gasteiger partial charge in [0.15, 0.2) is 0 Å². The summed E-state index contributed by atoms with van der Waals surface area (Å²) in [6, 6.07) is 0. The van der Waals surface area contributed by atoms with Crippen molar-refractivity contribution in [3.05, 3.63) is 0 Å². The van der Waals surface area contributed by atoms with E-state index in [0.29, 0.717) is 22.2 Å². The highest BCUT2D eigenvalue weighted by molar-refractivity contribution is 14.1. The molecule has 6 atom stereocenters. The zero-order chi connectivity index (χ0) is 19.2.